The first kappa shape index (κ1) is 39.1. The minimum atomic E-state index is -4.89. The molecule has 0 aromatic carbocycles. The zero-order chi connectivity index (χ0) is 18.0. The van der Waals surface area contributed by atoms with E-state index >= 15 is 0 Å². The molecular formula is H8NaO16P5. The Balaban J connectivity index is -0.0000000376. The van der Waals surface area contributed by atoms with Gasteiger partial charge in [-0.1, -0.05) is 0 Å². The van der Waals surface area contributed by atoms with Crippen LogP contribution in [0, 0.1) is 0 Å². The smallest absolute Gasteiger partial charge is 0.756 e. The summed E-state index contributed by atoms with van der Waals surface area (Å²) in [5.74, 6) is 0. The molecule has 0 spiro atoms. The average molecular weight is 442 g/mol. The van der Waals surface area contributed by atoms with Crippen molar-refractivity contribution in [3.63, 3.8) is 0 Å². The van der Waals surface area contributed by atoms with E-state index in [1.807, 2.05) is 0 Å². The summed E-state index contributed by atoms with van der Waals surface area (Å²) in [6.07, 6.45) is 0. The van der Waals surface area contributed by atoms with E-state index in [1.165, 1.54) is 0 Å². The minimum absolute atomic E-state index is 0. The maximum Gasteiger partial charge on any atom is 3.00 e. The summed E-state index contributed by atoms with van der Waals surface area (Å²) in [6.45, 7) is 0. The predicted octanol–water partition coefficient (Wildman–Crippen LogP) is -8.38. The maximum absolute atomic E-state index is 8.77. The zero-order valence-electron chi connectivity index (χ0n) is 10.1. The molecule has 130 valence electrons. The molecule has 2 radical (unpaired) electrons. The van der Waals surface area contributed by atoms with E-state index in [2.05, 4.69) is 0 Å². The topological polar surface area (TPSA) is 322 Å². The summed E-state index contributed by atoms with van der Waals surface area (Å²) in [5.41, 5.74) is 0. The van der Waals surface area contributed by atoms with Crippen LogP contribution in [0.3, 0.4) is 0 Å². The Morgan fingerprint density at radius 1 is 0.455 bits per heavy atom. The summed E-state index contributed by atoms with van der Waals surface area (Å²) >= 11 is 0. The van der Waals surface area contributed by atoms with Crippen molar-refractivity contribution >= 4 is 41.2 Å². The number of rotatable bonds is 0. The molecule has 0 rings (SSSR count). The van der Waals surface area contributed by atoms with E-state index in [0.717, 1.165) is 0 Å². The Hall–Kier alpha value is 1.87. The molecular weight excluding hydrogens is 434 g/mol. The first-order chi connectivity index (χ1) is 8.00. The fourth-order valence-electron chi connectivity index (χ4n) is 0. The fraction of sp³-hybridized carbons (Fsp3) is 0. The van der Waals surface area contributed by atoms with Gasteiger partial charge in [-0.05, 0) is 0 Å². The van der Waals surface area contributed by atoms with Crippen LogP contribution in [0.4, 0.5) is 0 Å². The number of hydrogen-bond donors (Lipinski definition) is 8. The molecule has 0 aliphatic rings. The SMILES string of the molecule is O=P([O-])(O)O.O=P([O-])(O)O.O=P([O-])(O)O.O=P([O-])(O)O.[Na+].[P+3]. The molecule has 0 heterocycles. The van der Waals surface area contributed by atoms with Gasteiger partial charge in [0.1, 0.15) is 0 Å². The van der Waals surface area contributed by atoms with Gasteiger partial charge in [-0.3, -0.25) is 18.3 Å². The van der Waals surface area contributed by atoms with Crippen LogP contribution in [0.1, 0.15) is 0 Å². The van der Waals surface area contributed by atoms with Crippen molar-refractivity contribution in [1.29, 1.82) is 0 Å². The van der Waals surface area contributed by atoms with Crippen LogP contribution in [0.15, 0.2) is 0 Å². The van der Waals surface area contributed by atoms with Crippen molar-refractivity contribution < 1.29 is 107 Å². The van der Waals surface area contributed by atoms with Gasteiger partial charge in [-0.25, -0.2) is 0 Å². The molecule has 0 unspecified atom stereocenters. The van der Waals surface area contributed by atoms with E-state index in [4.69, 9.17) is 77.0 Å². The molecule has 0 bridgehead atoms. The summed E-state index contributed by atoms with van der Waals surface area (Å²) in [6, 6.07) is 0. The molecule has 0 fully saturated rings. The van der Waals surface area contributed by atoms with Crippen molar-refractivity contribution in [2.45, 2.75) is 0 Å². The van der Waals surface area contributed by atoms with Gasteiger partial charge in [-0.2, -0.15) is 0 Å². The first-order valence-corrected chi connectivity index (χ1v) is 9.18. The third-order valence-electron chi connectivity index (χ3n) is 0. The van der Waals surface area contributed by atoms with E-state index in [1.54, 1.807) is 0 Å². The van der Waals surface area contributed by atoms with Gasteiger partial charge in [-0.15, -0.1) is 0 Å². The van der Waals surface area contributed by atoms with Gasteiger partial charge < -0.3 is 58.7 Å². The fourth-order valence-corrected chi connectivity index (χ4v) is 0. The molecule has 16 nitrogen and oxygen atoms in total. The molecule has 22 heavy (non-hydrogen) atoms. The summed E-state index contributed by atoms with van der Waals surface area (Å²) in [7, 11) is -19.6. The number of phosphoric acid groups is 4. The molecule has 0 atom stereocenters. The first-order valence-electron chi connectivity index (χ1n) is 3.06. The predicted molar refractivity (Wildman–Crippen MR) is 55.1 cm³/mol. The molecule has 0 amide bonds. The summed E-state index contributed by atoms with van der Waals surface area (Å²) < 4.78 is 35.1. The van der Waals surface area contributed by atoms with Crippen molar-refractivity contribution in [3.05, 3.63) is 0 Å². The van der Waals surface area contributed by atoms with Gasteiger partial charge in [0.25, 0.3) is 31.3 Å². The third kappa shape index (κ3) is 2720. The Kier molecular flexibility index (Phi) is 29.0. The second-order valence-corrected chi connectivity index (χ2v) is 5.89. The van der Waals surface area contributed by atoms with Gasteiger partial charge in [0.2, 0.25) is 0 Å². The molecule has 0 aliphatic carbocycles. The van der Waals surface area contributed by atoms with E-state index in [0.29, 0.717) is 0 Å². The average Bonchev–Trinajstić information content (AvgIpc) is 1.62. The molecule has 0 saturated carbocycles. The van der Waals surface area contributed by atoms with Crippen molar-refractivity contribution in [2.75, 3.05) is 0 Å². The second-order valence-electron chi connectivity index (χ2n) is 1.96. The summed E-state index contributed by atoms with van der Waals surface area (Å²) in [5, 5.41) is 0. The molecule has 0 aromatic rings. The van der Waals surface area contributed by atoms with Crippen LogP contribution in [0.25, 0.3) is 0 Å². The van der Waals surface area contributed by atoms with E-state index in [9.17, 15) is 0 Å². The quantitative estimate of drug-likeness (QED) is 0.127. The van der Waals surface area contributed by atoms with Gasteiger partial charge in [0.05, 0.1) is 0 Å². The zero-order valence-corrected chi connectivity index (χ0v) is 16.6. The molecule has 22 heteroatoms. The molecule has 0 aromatic heterocycles. The van der Waals surface area contributed by atoms with Crippen LogP contribution in [0.5, 0.6) is 0 Å². The molecule has 8 N–H and O–H groups in total. The van der Waals surface area contributed by atoms with Gasteiger partial charge in [0.15, 0.2) is 0 Å². The van der Waals surface area contributed by atoms with Crippen LogP contribution < -0.4 is 49.1 Å². The second kappa shape index (κ2) is 16.3. The van der Waals surface area contributed by atoms with Crippen LogP contribution >= 0.6 is 41.2 Å². The molecule has 0 aliphatic heterocycles. The molecule has 0 saturated heterocycles. The largest absolute Gasteiger partial charge is 3.00 e. The third-order valence-corrected chi connectivity index (χ3v) is 0. The van der Waals surface area contributed by atoms with Crippen molar-refractivity contribution in [2.24, 2.45) is 0 Å². The number of hydrogen-bond acceptors (Lipinski definition) is 8. The van der Waals surface area contributed by atoms with E-state index in [-0.39, 0.29) is 39.5 Å². The van der Waals surface area contributed by atoms with E-state index < -0.39 is 31.3 Å². The Morgan fingerprint density at radius 3 is 0.455 bits per heavy atom. The van der Waals surface area contributed by atoms with Crippen LogP contribution in [-0.4, -0.2) is 39.1 Å². The van der Waals surface area contributed by atoms with Crippen molar-refractivity contribution in [1.82, 2.24) is 0 Å². The Bertz CT molecular complexity index is 287. The Labute approximate surface area is 147 Å². The standard InChI is InChI=1S/Na.4H3O4P.P/c;4*1-5(2,3)4;/h;4*(H3,1,2,3,4);/q+1;;;;;+3/p-4. The monoisotopic (exact) mass is 442 g/mol. The normalized spacial score (nSPS) is 10.7. The van der Waals surface area contributed by atoms with Gasteiger partial charge in [0, 0.05) is 0 Å². The van der Waals surface area contributed by atoms with Gasteiger partial charge >= 0.3 is 39.5 Å². The summed E-state index contributed by atoms with van der Waals surface area (Å²) in [4.78, 5) is 91.7. The van der Waals surface area contributed by atoms with Crippen LogP contribution in [-0.2, 0) is 18.3 Å². The minimum Gasteiger partial charge on any atom is -0.756 e. The van der Waals surface area contributed by atoms with Crippen molar-refractivity contribution in [3.8, 4) is 0 Å². The van der Waals surface area contributed by atoms with Crippen LogP contribution in [0.2, 0.25) is 0 Å². The maximum atomic E-state index is 8.77. The Morgan fingerprint density at radius 2 is 0.455 bits per heavy atom.